The predicted molar refractivity (Wildman–Crippen MR) is 111 cm³/mol. The van der Waals surface area contributed by atoms with Gasteiger partial charge in [-0.1, -0.05) is 37.6 Å². The molecule has 1 fully saturated rings. The Morgan fingerprint density at radius 3 is 2.38 bits per heavy atom. The molecule has 5 nitrogen and oxygen atoms in total. The van der Waals surface area contributed by atoms with Crippen LogP contribution < -0.4 is 4.72 Å². The van der Waals surface area contributed by atoms with E-state index in [4.69, 9.17) is 0 Å². The first-order chi connectivity index (χ1) is 13.9. The number of aryl methyl sites for hydroxylation is 1. The van der Waals surface area contributed by atoms with Gasteiger partial charge in [-0.2, -0.15) is 0 Å². The summed E-state index contributed by atoms with van der Waals surface area (Å²) >= 11 is 0. The third kappa shape index (κ3) is 5.42. The molecule has 156 valence electrons. The van der Waals surface area contributed by atoms with Crippen molar-refractivity contribution in [2.45, 2.75) is 37.5 Å². The van der Waals surface area contributed by atoms with Crippen LogP contribution in [0.15, 0.2) is 53.4 Å². The van der Waals surface area contributed by atoms with Crippen molar-refractivity contribution in [1.82, 2.24) is 9.62 Å². The van der Waals surface area contributed by atoms with E-state index in [0.29, 0.717) is 32.5 Å². The van der Waals surface area contributed by atoms with E-state index in [-0.39, 0.29) is 22.3 Å². The molecule has 0 aromatic heterocycles. The number of carbonyl (C=O) groups excluding carboxylic acids is 1. The maximum Gasteiger partial charge on any atom is 0.256 e. The number of rotatable bonds is 7. The minimum absolute atomic E-state index is 0.0816. The maximum atomic E-state index is 13.8. The number of hydrogen-bond donors (Lipinski definition) is 1. The molecule has 0 atom stereocenters. The van der Waals surface area contributed by atoms with E-state index in [9.17, 15) is 17.6 Å². The number of amides is 1. The highest BCUT2D eigenvalue weighted by atomic mass is 32.2. The summed E-state index contributed by atoms with van der Waals surface area (Å²) in [5.74, 6) is -0.680. The third-order valence-electron chi connectivity index (χ3n) is 5.34. The van der Waals surface area contributed by atoms with Gasteiger partial charge in [-0.15, -0.1) is 0 Å². The molecule has 3 rings (SSSR count). The fourth-order valence-corrected chi connectivity index (χ4v) is 4.70. The van der Waals surface area contributed by atoms with Gasteiger partial charge in [0.05, 0.1) is 10.5 Å². The third-order valence-corrected chi connectivity index (χ3v) is 6.78. The monoisotopic (exact) mass is 418 g/mol. The van der Waals surface area contributed by atoms with E-state index in [0.717, 1.165) is 18.4 Å². The van der Waals surface area contributed by atoms with Crippen LogP contribution in [-0.2, 0) is 16.4 Å². The molecule has 7 heteroatoms. The number of benzene rings is 2. The fourth-order valence-electron chi connectivity index (χ4n) is 3.58. The van der Waals surface area contributed by atoms with E-state index in [1.807, 2.05) is 12.1 Å². The van der Waals surface area contributed by atoms with Gasteiger partial charge >= 0.3 is 0 Å². The Morgan fingerprint density at radius 2 is 1.76 bits per heavy atom. The maximum absolute atomic E-state index is 13.8. The van der Waals surface area contributed by atoms with Crippen LogP contribution in [0.5, 0.6) is 0 Å². The summed E-state index contributed by atoms with van der Waals surface area (Å²) in [6.07, 6.45) is 3.30. The average Bonchev–Trinajstić information content (AvgIpc) is 2.73. The second-order valence-corrected chi connectivity index (χ2v) is 9.23. The SMILES string of the molecule is CCCc1ccc(S(=O)(=O)NCC2CCN(C(=O)c3ccccc3F)CC2)cc1. The highest BCUT2D eigenvalue weighted by molar-refractivity contribution is 7.89. The van der Waals surface area contributed by atoms with E-state index in [2.05, 4.69) is 11.6 Å². The van der Waals surface area contributed by atoms with Crippen molar-refractivity contribution < 1.29 is 17.6 Å². The van der Waals surface area contributed by atoms with Gasteiger partial charge < -0.3 is 4.90 Å². The van der Waals surface area contributed by atoms with Crippen LogP contribution >= 0.6 is 0 Å². The van der Waals surface area contributed by atoms with E-state index in [1.165, 1.54) is 12.1 Å². The number of nitrogens with zero attached hydrogens (tertiary/aromatic N) is 1. The van der Waals surface area contributed by atoms with Crippen LogP contribution in [0.25, 0.3) is 0 Å². The molecule has 0 bridgehead atoms. The van der Waals surface area contributed by atoms with Crippen molar-refractivity contribution in [2.24, 2.45) is 5.92 Å². The molecule has 29 heavy (non-hydrogen) atoms. The lowest BCUT2D eigenvalue weighted by molar-refractivity contribution is 0.0687. The van der Waals surface area contributed by atoms with Crippen LogP contribution in [0.3, 0.4) is 0 Å². The van der Waals surface area contributed by atoms with Crippen molar-refractivity contribution in [2.75, 3.05) is 19.6 Å². The molecular formula is C22H27FN2O3S. The Bertz CT molecular complexity index is 937. The Kier molecular flexibility index (Phi) is 7.03. The van der Waals surface area contributed by atoms with Crippen molar-refractivity contribution >= 4 is 15.9 Å². The quantitative estimate of drug-likeness (QED) is 0.747. The summed E-state index contributed by atoms with van der Waals surface area (Å²) in [5, 5.41) is 0. The number of piperidine rings is 1. The molecule has 1 saturated heterocycles. The summed E-state index contributed by atoms with van der Waals surface area (Å²) in [6, 6.07) is 13.0. The van der Waals surface area contributed by atoms with Gasteiger partial charge in [-0.25, -0.2) is 17.5 Å². The van der Waals surface area contributed by atoms with E-state index >= 15 is 0 Å². The summed E-state index contributed by atoms with van der Waals surface area (Å²) < 4.78 is 41.6. The average molecular weight is 419 g/mol. The Morgan fingerprint density at radius 1 is 1.10 bits per heavy atom. The van der Waals surface area contributed by atoms with Gasteiger partial charge in [0.1, 0.15) is 5.82 Å². The molecule has 2 aromatic rings. The zero-order chi connectivity index (χ0) is 20.9. The largest absolute Gasteiger partial charge is 0.339 e. The lowest BCUT2D eigenvalue weighted by Crippen LogP contribution is -2.41. The molecule has 1 N–H and O–H groups in total. The first-order valence-electron chi connectivity index (χ1n) is 10.0. The molecule has 1 heterocycles. The van der Waals surface area contributed by atoms with Gasteiger partial charge in [-0.3, -0.25) is 4.79 Å². The predicted octanol–water partition coefficient (Wildman–Crippen LogP) is 3.61. The number of halogens is 1. The second-order valence-electron chi connectivity index (χ2n) is 7.46. The van der Waals surface area contributed by atoms with Crippen LogP contribution in [0.4, 0.5) is 4.39 Å². The Hall–Kier alpha value is -2.25. The van der Waals surface area contributed by atoms with Gasteiger partial charge in [0.25, 0.3) is 5.91 Å². The standard InChI is InChI=1S/C22H27FN2O3S/c1-2-5-17-8-10-19(11-9-17)29(27,28)24-16-18-12-14-25(15-13-18)22(26)20-6-3-4-7-21(20)23/h3-4,6-11,18,24H,2,5,12-16H2,1H3. The van der Waals surface area contributed by atoms with Crippen LogP contribution in [0.2, 0.25) is 0 Å². The number of nitrogens with one attached hydrogen (secondary N) is 1. The van der Waals surface area contributed by atoms with Gasteiger partial charge in [0, 0.05) is 19.6 Å². The minimum Gasteiger partial charge on any atom is -0.339 e. The highest BCUT2D eigenvalue weighted by Crippen LogP contribution is 2.20. The molecule has 2 aromatic carbocycles. The second kappa shape index (κ2) is 9.50. The number of carbonyl (C=O) groups is 1. The van der Waals surface area contributed by atoms with E-state index < -0.39 is 15.8 Å². The zero-order valence-electron chi connectivity index (χ0n) is 16.6. The first kappa shape index (κ1) is 21.5. The topological polar surface area (TPSA) is 66.5 Å². The smallest absolute Gasteiger partial charge is 0.256 e. The molecular weight excluding hydrogens is 391 g/mol. The number of sulfonamides is 1. The Labute approximate surface area is 172 Å². The minimum atomic E-state index is -3.55. The Balaban J connectivity index is 1.51. The molecule has 1 aliphatic heterocycles. The normalized spacial score (nSPS) is 15.4. The molecule has 1 aliphatic rings. The van der Waals surface area contributed by atoms with Crippen molar-refractivity contribution in [3.8, 4) is 0 Å². The van der Waals surface area contributed by atoms with Crippen molar-refractivity contribution in [3.05, 3.63) is 65.5 Å². The van der Waals surface area contributed by atoms with Crippen molar-refractivity contribution in [1.29, 1.82) is 0 Å². The van der Waals surface area contributed by atoms with E-state index in [1.54, 1.807) is 29.2 Å². The first-order valence-corrected chi connectivity index (χ1v) is 11.5. The number of likely N-dealkylation sites (tertiary alicyclic amines) is 1. The van der Waals surface area contributed by atoms with Crippen LogP contribution in [0, 0.1) is 11.7 Å². The van der Waals surface area contributed by atoms with Gasteiger partial charge in [-0.05, 0) is 55.0 Å². The zero-order valence-corrected chi connectivity index (χ0v) is 17.4. The van der Waals surface area contributed by atoms with Crippen molar-refractivity contribution in [3.63, 3.8) is 0 Å². The van der Waals surface area contributed by atoms with Crippen LogP contribution in [0.1, 0.15) is 42.1 Å². The molecule has 0 unspecified atom stereocenters. The number of hydrogen-bond acceptors (Lipinski definition) is 3. The summed E-state index contributed by atoms with van der Waals surface area (Å²) in [5.41, 5.74) is 1.21. The molecule has 1 amide bonds. The fraction of sp³-hybridized carbons (Fsp3) is 0.409. The van der Waals surface area contributed by atoms with Crippen LogP contribution in [-0.4, -0.2) is 38.9 Å². The highest BCUT2D eigenvalue weighted by Gasteiger charge is 2.26. The lowest BCUT2D eigenvalue weighted by Gasteiger charge is -2.32. The molecule has 0 aliphatic carbocycles. The summed E-state index contributed by atoms with van der Waals surface area (Å²) in [7, 11) is -3.55. The molecule has 0 radical (unpaired) electrons. The lowest BCUT2D eigenvalue weighted by atomic mass is 9.96. The van der Waals surface area contributed by atoms with Gasteiger partial charge in [0.15, 0.2) is 0 Å². The summed E-state index contributed by atoms with van der Waals surface area (Å²) in [6.45, 7) is 3.40. The molecule has 0 saturated carbocycles. The van der Waals surface area contributed by atoms with Gasteiger partial charge in [0.2, 0.25) is 10.0 Å². The molecule has 0 spiro atoms. The summed E-state index contributed by atoms with van der Waals surface area (Å²) in [4.78, 5) is 14.4.